The highest BCUT2D eigenvalue weighted by molar-refractivity contribution is 5.79. The Morgan fingerprint density at radius 3 is 2.60 bits per heavy atom. The smallest absolute Gasteiger partial charge is 0.327 e. The van der Waals surface area contributed by atoms with E-state index in [2.05, 4.69) is 0 Å². The number of aliphatic hydroxyl groups excluding tert-OH is 1. The van der Waals surface area contributed by atoms with Crippen LogP contribution in [0.15, 0.2) is 12.2 Å². The Balaban J connectivity index is 2.41. The van der Waals surface area contributed by atoms with Crippen LogP contribution in [0.1, 0.15) is 40.5 Å². The van der Waals surface area contributed by atoms with Crippen molar-refractivity contribution in [3.05, 3.63) is 12.2 Å². The molecule has 0 unspecified atom stereocenters. The lowest BCUT2D eigenvalue weighted by atomic mass is 9.86. The van der Waals surface area contributed by atoms with Gasteiger partial charge in [-0.2, -0.15) is 0 Å². The van der Waals surface area contributed by atoms with Gasteiger partial charge in [0.2, 0.25) is 0 Å². The maximum atomic E-state index is 10.3. The number of ether oxygens (including phenoxy) is 2. The summed E-state index contributed by atoms with van der Waals surface area (Å²) in [6.07, 6.45) is 3.20. The normalized spacial score (nSPS) is 36.1. The van der Waals surface area contributed by atoms with Gasteiger partial charge in [0.25, 0.3) is 0 Å². The largest absolute Gasteiger partial charge is 0.478 e. The van der Waals surface area contributed by atoms with Gasteiger partial charge in [-0.15, -0.1) is 0 Å². The van der Waals surface area contributed by atoms with Crippen LogP contribution in [0.5, 0.6) is 0 Å². The summed E-state index contributed by atoms with van der Waals surface area (Å²) in [5, 5.41) is 18.6. The molecule has 1 rings (SSSR count). The molecule has 0 radical (unpaired) electrons. The predicted molar refractivity (Wildman–Crippen MR) is 75.2 cm³/mol. The third-order valence-electron chi connectivity index (χ3n) is 3.96. The standard InChI is InChI=1S/C15H26O5/c1-9(7-5-6-8-13(16)17)19-15-11(3)14(18)10(2)12(4)20-15/h6,8-12,14-15,18H,5,7H2,1-4H3,(H,16,17)/b8-6+/t9-,10-,11+,12+,14-,15-/m1/s1. The molecule has 5 nitrogen and oxygen atoms in total. The average molecular weight is 286 g/mol. The van der Waals surface area contributed by atoms with Crippen molar-refractivity contribution in [2.24, 2.45) is 11.8 Å². The minimum atomic E-state index is -0.936. The molecule has 0 bridgehead atoms. The Morgan fingerprint density at radius 1 is 1.35 bits per heavy atom. The topological polar surface area (TPSA) is 76.0 Å². The van der Waals surface area contributed by atoms with Crippen LogP contribution in [0, 0.1) is 11.8 Å². The van der Waals surface area contributed by atoms with Gasteiger partial charge in [0.05, 0.1) is 18.3 Å². The van der Waals surface area contributed by atoms with E-state index in [1.165, 1.54) is 0 Å². The highest BCUT2D eigenvalue weighted by Crippen LogP contribution is 2.31. The van der Waals surface area contributed by atoms with Crippen molar-refractivity contribution < 1.29 is 24.5 Å². The number of allylic oxidation sites excluding steroid dienone is 1. The molecule has 0 aromatic heterocycles. The quantitative estimate of drug-likeness (QED) is 0.732. The molecule has 0 amide bonds. The fourth-order valence-electron chi connectivity index (χ4n) is 2.34. The number of hydrogen-bond donors (Lipinski definition) is 2. The molecule has 0 spiro atoms. The number of carboxylic acids is 1. The van der Waals surface area contributed by atoms with Crippen molar-refractivity contribution in [2.75, 3.05) is 0 Å². The Labute approximate surface area is 120 Å². The summed E-state index contributed by atoms with van der Waals surface area (Å²) in [5.41, 5.74) is 0. The molecule has 2 N–H and O–H groups in total. The molecule has 0 aromatic carbocycles. The molecule has 1 aliphatic heterocycles. The lowest BCUT2D eigenvalue weighted by molar-refractivity contribution is -0.270. The van der Waals surface area contributed by atoms with Crippen molar-refractivity contribution in [1.29, 1.82) is 0 Å². The second kappa shape index (κ2) is 7.76. The molecule has 0 aromatic rings. The number of rotatable bonds is 6. The summed E-state index contributed by atoms with van der Waals surface area (Å²) >= 11 is 0. The highest BCUT2D eigenvalue weighted by atomic mass is 16.7. The highest BCUT2D eigenvalue weighted by Gasteiger charge is 2.39. The number of carbonyl (C=O) groups is 1. The van der Waals surface area contributed by atoms with E-state index >= 15 is 0 Å². The van der Waals surface area contributed by atoms with Crippen LogP contribution in [0.4, 0.5) is 0 Å². The molecule has 1 heterocycles. The van der Waals surface area contributed by atoms with Crippen molar-refractivity contribution in [3.8, 4) is 0 Å². The molecular weight excluding hydrogens is 260 g/mol. The molecule has 20 heavy (non-hydrogen) atoms. The SMILES string of the molecule is C[C@@H]1[C@H](O[C@H](C)CC/C=C/C(=O)O)O[C@@H](C)[C@@H](C)[C@H]1O. The van der Waals surface area contributed by atoms with Crippen LogP contribution in [0.3, 0.4) is 0 Å². The first-order valence-electron chi connectivity index (χ1n) is 7.21. The van der Waals surface area contributed by atoms with Gasteiger partial charge in [0.1, 0.15) is 0 Å². The van der Waals surface area contributed by atoms with E-state index in [1.807, 2.05) is 27.7 Å². The van der Waals surface area contributed by atoms with Crippen LogP contribution < -0.4 is 0 Å². The number of carboxylic acid groups (broad SMARTS) is 1. The Bertz CT molecular complexity index is 341. The van der Waals surface area contributed by atoms with Crippen molar-refractivity contribution in [2.45, 2.75) is 65.1 Å². The zero-order valence-corrected chi connectivity index (χ0v) is 12.7. The summed E-state index contributed by atoms with van der Waals surface area (Å²) in [6, 6.07) is 0. The first kappa shape index (κ1) is 17.1. The van der Waals surface area contributed by atoms with E-state index in [0.717, 1.165) is 12.5 Å². The minimum Gasteiger partial charge on any atom is -0.478 e. The Hall–Kier alpha value is -0.910. The maximum Gasteiger partial charge on any atom is 0.327 e. The monoisotopic (exact) mass is 286 g/mol. The molecule has 5 heteroatoms. The van der Waals surface area contributed by atoms with Crippen LogP contribution in [-0.2, 0) is 14.3 Å². The summed E-state index contributed by atoms with van der Waals surface area (Å²) in [4.78, 5) is 10.3. The molecule has 0 saturated carbocycles. The number of aliphatic hydroxyl groups is 1. The molecule has 1 fully saturated rings. The number of hydrogen-bond acceptors (Lipinski definition) is 4. The molecular formula is C15H26O5. The second-order valence-electron chi connectivity index (χ2n) is 5.68. The van der Waals surface area contributed by atoms with Gasteiger partial charge in [-0.3, -0.25) is 0 Å². The predicted octanol–water partition coefficient (Wildman–Crippen LogP) is 2.19. The van der Waals surface area contributed by atoms with Crippen LogP contribution in [-0.4, -0.2) is 40.8 Å². The van der Waals surface area contributed by atoms with Gasteiger partial charge >= 0.3 is 5.97 Å². The van der Waals surface area contributed by atoms with E-state index < -0.39 is 18.4 Å². The molecule has 1 aliphatic rings. The zero-order chi connectivity index (χ0) is 15.3. The average Bonchev–Trinajstić information content (AvgIpc) is 2.38. The van der Waals surface area contributed by atoms with E-state index in [1.54, 1.807) is 6.08 Å². The Kier molecular flexibility index (Phi) is 6.65. The fraction of sp³-hybridized carbons (Fsp3) is 0.800. The van der Waals surface area contributed by atoms with Gasteiger partial charge in [-0.05, 0) is 26.7 Å². The molecule has 1 saturated heterocycles. The fourth-order valence-corrected chi connectivity index (χ4v) is 2.34. The van der Waals surface area contributed by atoms with Gasteiger partial charge in [0, 0.05) is 17.9 Å². The molecule has 0 aliphatic carbocycles. The van der Waals surface area contributed by atoms with Gasteiger partial charge in [-0.1, -0.05) is 19.9 Å². The minimum absolute atomic E-state index is 0.0368. The van der Waals surface area contributed by atoms with Gasteiger partial charge < -0.3 is 19.7 Å². The van der Waals surface area contributed by atoms with Crippen molar-refractivity contribution >= 4 is 5.97 Å². The number of aliphatic carboxylic acids is 1. The van der Waals surface area contributed by atoms with E-state index in [9.17, 15) is 9.90 Å². The van der Waals surface area contributed by atoms with Crippen molar-refractivity contribution in [1.82, 2.24) is 0 Å². The lowest BCUT2D eigenvalue weighted by Gasteiger charge is -2.42. The van der Waals surface area contributed by atoms with Crippen LogP contribution in [0.2, 0.25) is 0 Å². The van der Waals surface area contributed by atoms with E-state index in [-0.39, 0.29) is 24.0 Å². The summed E-state index contributed by atoms with van der Waals surface area (Å²) in [5.74, 6) is -0.911. The third kappa shape index (κ3) is 4.89. The maximum absolute atomic E-state index is 10.3. The van der Waals surface area contributed by atoms with Gasteiger partial charge in [-0.25, -0.2) is 4.79 Å². The van der Waals surface area contributed by atoms with Crippen LogP contribution in [0.25, 0.3) is 0 Å². The van der Waals surface area contributed by atoms with Crippen molar-refractivity contribution in [3.63, 3.8) is 0 Å². The summed E-state index contributed by atoms with van der Waals surface area (Å²) in [7, 11) is 0. The summed E-state index contributed by atoms with van der Waals surface area (Å²) in [6.45, 7) is 7.77. The molecule has 116 valence electrons. The lowest BCUT2D eigenvalue weighted by Crippen LogP contribution is -2.49. The third-order valence-corrected chi connectivity index (χ3v) is 3.96. The van der Waals surface area contributed by atoms with Crippen LogP contribution >= 0.6 is 0 Å². The first-order chi connectivity index (χ1) is 9.32. The Morgan fingerprint density at radius 2 is 2.00 bits per heavy atom. The van der Waals surface area contributed by atoms with E-state index in [0.29, 0.717) is 6.42 Å². The van der Waals surface area contributed by atoms with E-state index in [4.69, 9.17) is 14.6 Å². The molecule has 6 atom stereocenters. The summed E-state index contributed by atoms with van der Waals surface area (Å²) < 4.78 is 11.6. The zero-order valence-electron chi connectivity index (χ0n) is 12.7. The first-order valence-corrected chi connectivity index (χ1v) is 7.21. The second-order valence-corrected chi connectivity index (χ2v) is 5.68. The van der Waals surface area contributed by atoms with Gasteiger partial charge in [0.15, 0.2) is 6.29 Å².